The van der Waals surface area contributed by atoms with Crippen LogP contribution in [0.2, 0.25) is 0 Å². The predicted molar refractivity (Wildman–Crippen MR) is 97.8 cm³/mol. The van der Waals surface area contributed by atoms with Crippen molar-refractivity contribution in [2.24, 2.45) is 5.73 Å². The lowest BCUT2D eigenvalue weighted by atomic mass is 10.1. The summed E-state index contributed by atoms with van der Waals surface area (Å²) in [6.07, 6.45) is 1.47. The van der Waals surface area contributed by atoms with E-state index in [2.05, 4.69) is 10.3 Å². The Balaban J connectivity index is 2.27. The van der Waals surface area contributed by atoms with E-state index in [-0.39, 0.29) is 0 Å². The molecule has 1 heterocycles. The second-order valence-corrected chi connectivity index (χ2v) is 5.58. The van der Waals surface area contributed by atoms with Gasteiger partial charge in [0.15, 0.2) is 11.5 Å². The molecular formula is C19H19N3O3. The maximum absolute atomic E-state index is 11.9. The Kier molecular flexibility index (Phi) is 4.43. The van der Waals surface area contributed by atoms with Crippen LogP contribution in [0.25, 0.3) is 10.9 Å². The van der Waals surface area contributed by atoms with Gasteiger partial charge in [-0.3, -0.25) is 9.78 Å². The van der Waals surface area contributed by atoms with Gasteiger partial charge in [-0.1, -0.05) is 18.2 Å². The molecule has 6 heteroatoms. The van der Waals surface area contributed by atoms with Crippen LogP contribution in [0.1, 0.15) is 15.9 Å². The highest BCUT2D eigenvalue weighted by molar-refractivity contribution is 6.08. The summed E-state index contributed by atoms with van der Waals surface area (Å²) in [6.45, 7) is 1.99. The Morgan fingerprint density at radius 1 is 1.12 bits per heavy atom. The summed E-state index contributed by atoms with van der Waals surface area (Å²) in [7, 11) is 3.12. The number of aromatic nitrogens is 1. The molecular weight excluding hydrogens is 318 g/mol. The van der Waals surface area contributed by atoms with Crippen LogP contribution in [0.4, 0.5) is 11.4 Å². The number of aryl methyl sites for hydroxylation is 1. The van der Waals surface area contributed by atoms with Gasteiger partial charge < -0.3 is 20.5 Å². The average Bonchev–Trinajstić information content (AvgIpc) is 2.62. The van der Waals surface area contributed by atoms with Crippen molar-refractivity contribution in [2.45, 2.75) is 6.92 Å². The van der Waals surface area contributed by atoms with Gasteiger partial charge >= 0.3 is 0 Å². The lowest BCUT2D eigenvalue weighted by Crippen LogP contribution is -2.14. The van der Waals surface area contributed by atoms with Gasteiger partial charge in [-0.15, -0.1) is 0 Å². The van der Waals surface area contributed by atoms with E-state index in [1.165, 1.54) is 6.20 Å². The van der Waals surface area contributed by atoms with E-state index in [1.54, 1.807) is 26.4 Å². The lowest BCUT2D eigenvalue weighted by molar-refractivity contribution is 0.100. The fourth-order valence-corrected chi connectivity index (χ4v) is 2.69. The van der Waals surface area contributed by atoms with Gasteiger partial charge in [-0.2, -0.15) is 0 Å². The molecule has 0 radical (unpaired) electrons. The number of pyridine rings is 1. The van der Waals surface area contributed by atoms with Gasteiger partial charge in [0.05, 0.1) is 31.0 Å². The Bertz CT molecular complexity index is 954. The van der Waals surface area contributed by atoms with E-state index < -0.39 is 5.91 Å². The molecule has 2 aromatic carbocycles. The number of nitrogens with two attached hydrogens (primary N) is 1. The Morgan fingerprint density at radius 3 is 2.44 bits per heavy atom. The molecule has 0 bridgehead atoms. The number of methoxy groups -OCH3 is 2. The van der Waals surface area contributed by atoms with Crippen LogP contribution >= 0.6 is 0 Å². The molecule has 0 aliphatic rings. The van der Waals surface area contributed by atoms with Gasteiger partial charge in [0.1, 0.15) is 0 Å². The van der Waals surface area contributed by atoms with Gasteiger partial charge in [-0.25, -0.2) is 0 Å². The fraction of sp³-hybridized carbons (Fsp3) is 0.158. The molecule has 0 spiro atoms. The number of nitrogens with one attached hydrogen (secondary N) is 1. The SMILES string of the molecule is COc1cc2ncc(C(N)=O)c(Nc3ccccc3C)c2cc1OC. The normalized spacial score (nSPS) is 10.5. The minimum absolute atomic E-state index is 0.308. The van der Waals surface area contributed by atoms with Crippen molar-refractivity contribution in [3.8, 4) is 11.5 Å². The molecule has 0 aliphatic heterocycles. The second kappa shape index (κ2) is 6.68. The molecule has 6 nitrogen and oxygen atoms in total. The molecule has 1 aromatic heterocycles. The number of amides is 1. The summed E-state index contributed by atoms with van der Waals surface area (Å²) in [5.74, 6) is 0.558. The van der Waals surface area contributed by atoms with Gasteiger partial charge in [0.2, 0.25) is 0 Å². The lowest BCUT2D eigenvalue weighted by Gasteiger charge is -2.16. The highest BCUT2D eigenvalue weighted by Crippen LogP contribution is 2.37. The minimum Gasteiger partial charge on any atom is -0.493 e. The van der Waals surface area contributed by atoms with E-state index >= 15 is 0 Å². The van der Waals surface area contributed by atoms with Crippen LogP contribution in [0.5, 0.6) is 11.5 Å². The van der Waals surface area contributed by atoms with Crippen LogP contribution in [0.15, 0.2) is 42.6 Å². The summed E-state index contributed by atoms with van der Waals surface area (Å²) >= 11 is 0. The van der Waals surface area contributed by atoms with E-state index in [4.69, 9.17) is 15.2 Å². The fourth-order valence-electron chi connectivity index (χ4n) is 2.69. The molecule has 0 unspecified atom stereocenters. The number of hydrogen-bond acceptors (Lipinski definition) is 5. The zero-order valence-corrected chi connectivity index (χ0v) is 14.3. The third-order valence-corrected chi connectivity index (χ3v) is 4.04. The van der Waals surface area contributed by atoms with E-state index in [9.17, 15) is 4.79 Å². The Hall–Kier alpha value is -3.28. The molecule has 128 valence electrons. The molecule has 0 saturated carbocycles. The first-order chi connectivity index (χ1) is 12.0. The number of nitrogens with zero attached hydrogens (tertiary/aromatic N) is 1. The number of para-hydroxylation sites is 1. The van der Waals surface area contributed by atoms with E-state index in [0.29, 0.717) is 28.3 Å². The molecule has 0 atom stereocenters. The van der Waals surface area contributed by atoms with Crippen molar-refractivity contribution in [3.63, 3.8) is 0 Å². The van der Waals surface area contributed by atoms with Crippen molar-refractivity contribution in [3.05, 3.63) is 53.7 Å². The number of carbonyl (C=O) groups excluding carboxylic acids is 1. The smallest absolute Gasteiger partial charge is 0.252 e. The summed E-state index contributed by atoms with van der Waals surface area (Å²) in [5.41, 5.74) is 9.04. The van der Waals surface area contributed by atoms with Crippen LogP contribution in [-0.4, -0.2) is 25.1 Å². The topological polar surface area (TPSA) is 86.5 Å². The number of rotatable bonds is 5. The van der Waals surface area contributed by atoms with Crippen LogP contribution in [0.3, 0.4) is 0 Å². The van der Waals surface area contributed by atoms with Crippen molar-refractivity contribution >= 4 is 28.2 Å². The van der Waals surface area contributed by atoms with Crippen molar-refractivity contribution < 1.29 is 14.3 Å². The zero-order chi connectivity index (χ0) is 18.0. The summed E-state index contributed by atoms with van der Waals surface area (Å²) in [5, 5.41) is 4.04. The molecule has 0 saturated heterocycles. The van der Waals surface area contributed by atoms with Gasteiger partial charge in [0, 0.05) is 23.3 Å². The van der Waals surface area contributed by atoms with Crippen LogP contribution in [0, 0.1) is 6.92 Å². The maximum Gasteiger partial charge on any atom is 0.252 e. The summed E-state index contributed by atoms with van der Waals surface area (Å²) < 4.78 is 10.7. The number of hydrogen-bond donors (Lipinski definition) is 2. The number of anilines is 2. The summed E-state index contributed by atoms with van der Waals surface area (Å²) in [4.78, 5) is 16.2. The molecule has 1 amide bonds. The zero-order valence-electron chi connectivity index (χ0n) is 14.3. The number of benzene rings is 2. The van der Waals surface area contributed by atoms with Crippen molar-refractivity contribution in [2.75, 3.05) is 19.5 Å². The number of carbonyl (C=O) groups is 1. The molecule has 3 rings (SSSR count). The number of fused-ring (bicyclic) bond motifs is 1. The van der Waals surface area contributed by atoms with Crippen LogP contribution < -0.4 is 20.5 Å². The van der Waals surface area contributed by atoms with E-state index in [0.717, 1.165) is 16.6 Å². The maximum atomic E-state index is 11.9. The van der Waals surface area contributed by atoms with Gasteiger partial charge in [0.25, 0.3) is 5.91 Å². The third-order valence-electron chi connectivity index (χ3n) is 4.04. The first kappa shape index (κ1) is 16.6. The van der Waals surface area contributed by atoms with Crippen molar-refractivity contribution in [1.29, 1.82) is 0 Å². The van der Waals surface area contributed by atoms with Crippen molar-refractivity contribution in [1.82, 2.24) is 4.98 Å². The first-order valence-electron chi connectivity index (χ1n) is 7.72. The molecule has 3 aromatic rings. The average molecular weight is 337 g/mol. The molecule has 25 heavy (non-hydrogen) atoms. The molecule has 3 N–H and O–H groups in total. The Morgan fingerprint density at radius 2 is 1.80 bits per heavy atom. The van der Waals surface area contributed by atoms with Crippen LogP contribution in [-0.2, 0) is 0 Å². The molecule has 0 aliphatic carbocycles. The standard InChI is InChI=1S/C19H19N3O3/c1-11-6-4-5-7-14(11)22-18-12-8-16(24-2)17(25-3)9-15(12)21-10-13(18)19(20)23/h4-10H,1-3H3,(H2,20,23)(H,21,22). The third kappa shape index (κ3) is 3.06. The first-order valence-corrected chi connectivity index (χ1v) is 7.72. The second-order valence-electron chi connectivity index (χ2n) is 5.58. The summed E-state index contributed by atoms with van der Waals surface area (Å²) in [6, 6.07) is 11.4. The highest BCUT2D eigenvalue weighted by Gasteiger charge is 2.17. The van der Waals surface area contributed by atoms with E-state index in [1.807, 2.05) is 31.2 Å². The minimum atomic E-state index is -0.555. The van der Waals surface area contributed by atoms with Gasteiger partial charge in [-0.05, 0) is 24.6 Å². The Labute approximate surface area is 145 Å². The number of ether oxygens (including phenoxy) is 2. The predicted octanol–water partition coefficient (Wildman–Crippen LogP) is 3.40. The quantitative estimate of drug-likeness (QED) is 0.745. The highest BCUT2D eigenvalue weighted by atomic mass is 16.5. The monoisotopic (exact) mass is 337 g/mol. The largest absolute Gasteiger partial charge is 0.493 e. The number of primary amides is 1. The molecule has 0 fully saturated rings.